The molecule has 4 aliphatic rings. The Kier molecular flexibility index (Phi) is 2.89. The van der Waals surface area contributed by atoms with Crippen molar-refractivity contribution in [2.75, 3.05) is 20.3 Å². The smallest absolute Gasteiger partial charge is 0.226 e. The van der Waals surface area contributed by atoms with Crippen LogP contribution < -0.4 is 5.32 Å². The summed E-state index contributed by atoms with van der Waals surface area (Å²) in [5.41, 5.74) is 0.00247. The molecule has 0 saturated heterocycles. The van der Waals surface area contributed by atoms with E-state index < -0.39 is 0 Å². The number of hydrogen-bond acceptors (Lipinski definition) is 2. The standard InChI is InChI=1S/C14H23NO2/c1-17-3-2-15-13(16)14-7-10-4-11(8-14)6-12(5-10)9-14/h10-12H,2-9H2,1H3,(H,15,16). The van der Waals surface area contributed by atoms with E-state index in [0.717, 1.165) is 37.0 Å². The van der Waals surface area contributed by atoms with Gasteiger partial charge in [-0.25, -0.2) is 0 Å². The average molecular weight is 237 g/mol. The Hall–Kier alpha value is -0.570. The highest BCUT2D eigenvalue weighted by Gasteiger charge is 2.54. The van der Waals surface area contributed by atoms with Crippen molar-refractivity contribution in [1.82, 2.24) is 5.32 Å². The molecule has 4 saturated carbocycles. The second-order valence-corrected chi connectivity index (χ2v) is 6.45. The van der Waals surface area contributed by atoms with Gasteiger partial charge >= 0.3 is 0 Å². The number of ether oxygens (including phenoxy) is 1. The average Bonchev–Trinajstić information content (AvgIpc) is 2.27. The first-order valence-electron chi connectivity index (χ1n) is 6.99. The minimum atomic E-state index is 0.00247. The van der Waals surface area contributed by atoms with E-state index >= 15 is 0 Å². The highest BCUT2D eigenvalue weighted by molar-refractivity contribution is 5.83. The SMILES string of the molecule is COCCNC(=O)C12CC3CC(CC(C3)C1)C2. The Morgan fingerprint density at radius 2 is 1.71 bits per heavy atom. The van der Waals surface area contributed by atoms with E-state index in [1.54, 1.807) is 7.11 Å². The third kappa shape index (κ3) is 1.99. The van der Waals surface area contributed by atoms with Crippen LogP contribution in [0.25, 0.3) is 0 Å². The van der Waals surface area contributed by atoms with Gasteiger partial charge in [-0.2, -0.15) is 0 Å². The minimum absolute atomic E-state index is 0.00247. The van der Waals surface area contributed by atoms with E-state index in [2.05, 4.69) is 5.32 Å². The van der Waals surface area contributed by atoms with E-state index in [9.17, 15) is 4.79 Å². The third-order valence-corrected chi connectivity index (χ3v) is 5.11. The molecular formula is C14H23NO2. The predicted molar refractivity (Wildman–Crippen MR) is 65.5 cm³/mol. The zero-order valence-corrected chi connectivity index (χ0v) is 10.7. The molecule has 0 heterocycles. The fraction of sp³-hybridized carbons (Fsp3) is 0.929. The second kappa shape index (κ2) is 4.27. The molecule has 4 rings (SSSR count). The molecule has 0 atom stereocenters. The van der Waals surface area contributed by atoms with Crippen LogP contribution in [0.1, 0.15) is 38.5 Å². The number of carbonyl (C=O) groups excluding carboxylic acids is 1. The molecule has 3 nitrogen and oxygen atoms in total. The summed E-state index contributed by atoms with van der Waals surface area (Å²) >= 11 is 0. The fourth-order valence-corrected chi connectivity index (χ4v) is 4.84. The Morgan fingerprint density at radius 3 is 2.18 bits per heavy atom. The van der Waals surface area contributed by atoms with Crippen molar-refractivity contribution >= 4 is 5.91 Å². The first-order valence-corrected chi connectivity index (χ1v) is 6.99. The van der Waals surface area contributed by atoms with Gasteiger partial charge in [0.05, 0.1) is 6.61 Å². The van der Waals surface area contributed by atoms with Gasteiger partial charge in [0.2, 0.25) is 5.91 Å². The van der Waals surface area contributed by atoms with Crippen molar-refractivity contribution in [2.45, 2.75) is 38.5 Å². The largest absolute Gasteiger partial charge is 0.383 e. The van der Waals surface area contributed by atoms with Gasteiger partial charge in [0.1, 0.15) is 0 Å². The van der Waals surface area contributed by atoms with Crippen molar-refractivity contribution < 1.29 is 9.53 Å². The van der Waals surface area contributed by atoms with Crippen molar-refractivity contribution in [3.05, 3.63) is 0 Å². The quantitative estimate of drug-likeness (QED) is 0.759. The highest BCUT2D eigenvalue weighted by Crippen LogP contribution is 2.60. The summed E-state index contributed by atoms with van der Waals surface area (Å²) in [6.07, 6.45) is 7.63. The maximum Gasteiger partial charge on any atom is 0.226 e. The van der Waals surface area contributed by atoms with Crippen molar-refractivity contribution in [1.29, 1.82) is 0 Å². The summed E-state index contributed by atoms with van der Waals surface area (Å²) in [6, 6.07) is 0. The van der Waals surface area contributed by atoms with E-state index in [0.29, 0.717) is 19.1 Å². The zero-order valence-electron chi connectivity index (χ0n) is 10.7. The van der Waals surface area contributed by atoms with Crippen LogP contribution in [0.2, 0.25) is 0 Å². The third-order valence-electron chi connectivity index (χ3n) is 5.11. The molecule has 3 heteroatoms. The molecule has 0 spiro atoms. The maximum atomic E-state index is 12.4. The molecule has 0 radical (unpaired) electrons. The summed E-state index contributed by atoms with van der Waals surface area (Å²) in [5, 5.41) is 3.08. The molecule has 4 fully saturated rings. The van der Waals surface area contributed by atoms with Gasteiger partial charge in [0.25, 0.3) is 0 Å². The second-order valence-electron chi connectivity index (χ2n) is 6.45. The van der Waals surface area contributed by atoms with E-state index in [4.69, 9.17) is 4.74 Å². The van der Waals surface area contributed by atoms with E-state index in [1.807, 2.05) is 0 Å². The van der Waals surface area contributed by atoms with Crippen LogP contribution in [0.4, 0.5) is 0 Å². The Bertz CT molecular complexity index is 278. The Labute approximate surface area is 103 Å². The zero-order chi connectivity index (χ0) is 11.9. The molecular weight excluding hydrogens is 214 g/mol. The van der Waals surface area contributed by atoms with E-state index in [-0.39, 0.29) is 5.41 Å². The number of hydrogen-bond donors (Lipinski definition) is 1. The molecule has 0 unspecified atom stereocenters. The Morgan fingerprint density at radius 1 is 1.18 bits per heavy atom. The van der Waals surface area contributed by atoms with Gasteiger partial charge in [-0.1, -0.05) is 0 Å². The lowest BCUT2D eigenvalue weighted by atomic mass is 9.49. The number of nitrogens with one attached hydrogen (secondary N) is 1. The number of methoxy groups -OCH3 is 1. The van der Waals surface area contributed by atoms with Gasteiger partial charge in [0, 0.05) is 19.1 Å². The van der Waals surface area contributed by atoms with Crippen molar-refractivity contribution in [3.63, 3.8) is 0 Å². The maximum absolute atomic E-state index is 12.4. The van der Waals surface area contributed by atoms with Crippen LogP contribution in [0.15, 0.2) is 0 Å². The molecule has 1 N–H and O–H groups in total. The molecule has 17 heavy (non-hydrogen) atoms. The van der Waals surface area contributed by atoms with Gasteiger partial charge in [-0.3, -0.25) is 4.79 Å². The molecule has 0 aromatic rings. The highest BCUT2D eigenvalue weighted by atomic mass is 16.5. The normalized spacial score (nSPS) is 42.8. The fourth-order valence-electron chi connectivity index (χ4n) is 4.84. The van der Waals surface area contributed by atoms with Crippen LogP contribution in [-0.4, -0.2) is 26.2 Å². The molecule has 0 aliphatic heterocycles. The summed E-state index contributed by atoms with van der Waals surface area (Å²) in [6.45, 7) is 1.29. The molecule has 4 bridgehead atoms. The van der Waals surface area contributed by atoms with Crippen molar-refractivity contribution in [2.24, 2.45) is 23.2 Å². The topological polar surface area (TPSA) is 38.3 Å². The molecule has 0 aromatic heterocycles. The monoisotopic (exact) mass is 237 g/mol. The van der Waals surface area contributed by atoms with Crippen LogP contribution in [0.5, 0.6) is 0 Å². The van der Waals surface area contributed by atoms with Gasteiger partial charge in [0.15, 0.2) is 0 Å². The molecule has 96 valence electrons. The van der Waals surface area contributed by atoms with Crippen LogP contribution >= 0.6 is 0 Å². The number of amides is 1. The minimum Gasteiger partial charge on any atom is -0.383 e. The summed E-state index contributed by atoms with van der Waals surface area (Å²) in [5.74, 6) is 2.84. The van der Waals surface area contributed by atoms with Gasteiger partial charge < -0.3 is 10.1 Å². The lowest BCUT2D eigenvalue weighted by Gasteiger charge is -2.55. The lowest BCUT2D eigenvalue weighted by molar-refractivity contribution is -0.146. The number of rotatable bonds is 4. The van der Waals surface area contributed by atoms with Gasteiger partial charge in [-0.15, -0.1) is 0 Å². The predicted octanol–water partition coefficient (Wildman–Crippen LogP) is 1.97. The van der Waals surface area contributed by atoms with Crippen molar-refractivity contribution in [3.8, 4) is 0 Å². The molecule has 1 amide bonds. The summed E-state index contributed by atoms with van der Waals surface area (Å²) < 4.78 is 5.00. The Balaban J connectivity index is 1.67. The summed E-state index contributed by atoms with van der Waals surface area (Å²) in [4.78, 5) is 12.4. The first-order chi connectivity index (χ1) is 8.22. The summed E-state index contributed by atoms with van der Waals surface area (Å²) in [7, 11) is 1.68. The number of carbonyl (C=O) groups is 1. The first kappa shape index (κ1) is 11.5. The van der Waals surface area contributed by atoms with E-state index in [1.165, 1.54) is 19.3 Å². The van der Waals surface area contributed by atoms with Crippen LogP contribution in [0, 0.1) is 23.2 Å². The van der Waals surface area contributed by atoms with Crippen LogP contribution in [-0.2, 0) is 9.53 Å². The lowest BCUT2D eigenvalue weighted by Crippen LogP contribution is -2.53. The molecule has 0 aromatic carbocycles. The molecule has 4 aliphatic carbocycles. The van der Waals surface area contributed by atoms with Gasteiger partial charge in [-0.05, 0) is 56.3 Å². The van der Waals surface area contributed by atoms with Crippen LogP contribution in [0.3, 0.4) is 0 Å².